The second-order valence-corrected chi connectivity index (χ2v) is 10.7. The van der Waals surface area contributed by atoms with Gasteiger partial charge in [-0.1, -0.05) is 33.1 Å². The zero-order valence-electron chi connectivity index (χ0n) is 19.1. The number of likely N-dealkylation sites (tertiary alicyclic amines) is 3. The highest BCUT2D eigenvalue weighted by Gasteiger charge is 2.51. The van der Waals surface area contributed by atoms with Crippen molar-refractivity contribution in [3.05, 3.63) is 0 Å². The van der Waals surface area contributed by atoms with Crippen molar-refractivity contribution in [1.29, 1.82) is 0 Å². The van der Waals surface area contributed by atoms with Crippen molar-refractivity contribution >= 4 is 5.91 Å². The normalized spacial score (nSPS) is 23.4. The zero-order valence-corrected chi connectivity index (χ0v) is 19.1. The lowest BCUT2D eigenvalue weighted by molar-refractivity contribution is -0.132. The lowest BCUT2D eigenvalue weighted by atomic mass is 9.72. The summed E-state index contributed by atoms with van der Waals surface area (Å²) < 4.78 is 0. The van der Waals surface area contributed by atoms with Crippen molar-refractivity contribution in [1.82, 2.24) is 14.7 Å². The maximum atomic E-state index is 12.4. The van der Waals surface area contributed by atoms with Gasteiger partial charge in [0.15, 0.2) is 0 Å². The summed E-state index contributed by atoms with van der Waals surface area (Å²) >= 11 is 0. The van der Waals surface area contributed by atoms with Gasteiger partial charge in [0.1, 0.15) is 0 Å². The van der Waals surface area contributed by atoms with E-state index in [1.165, 1.54) is 71.2 Å². The van der Waals surface area contributed by atoms with Crippen molar-refractivity contribution in [2.24, 2.45) is 17.3 Å². The minimum absolute atomic E-state index is 0.407. The Morgan fingerprint density at radius 1 is 0.893 bits per heavy atom. The molecule has 3 aliphatic rings. The Morgan fingerprint density at radius 2 is 1.50 bits per heavy atom. The quantitative estimate of drug-likeness (QED) is 0.521. The summed E-state index contributed by atoms with van der Waals surface area (Å²) in [6.07, 6.45) is 9.45. The molecular weight excluding hydrogens is 346 g/mol. The van der Waals surface area contributed by atoms with E-state index in [2.05, 4.69) is 42.4 Å². The van der Waals surface area contributed by atoms with Crippen LogP contribution < -0.4 is 0 Å². The molecule has 0 radical (unpaired) electrons. The molecule has 1 spiro atoms. The Kier molecular flexibility index (Phi) is 7.83. The first-order valence-electron chi connectivity index (χ1n) is 12.1. The Labute approximate surface area is 174 Å². The van der Waals surface area contributed by atoms with E-state index in [4.69, 9.17) is 0 Å². The molecule has 4 heteroatoms. The number of amides is 1. The fourth-order valence-electron chi connectivity index (χ4n) is 5.56. The van der Waals surface area contributed by atoms with Crippen LogP contribution in [0.3, 0.4) is 0 Å². The highest BCUT2D eigenvalue weighted by molar-refractivity contribution is 5.76. The number of carbonyl (C=O) groups excluding carboxylic acids is 1. The van der Waals surface area contributed by atoms with Crippen LogP contribution in [0.2, 0.25) is 0 Å². The molecule has 0 aliphatic carbocycles. The first-order chi connectivity index (χ1) is 13.4. The molecule has 4 nitrogen and oxygen atoms in total. The summed E-state index contributed by atoms with van der Waals surface area (Å²) in [4.78, 5) is 19.8. The molecule has 3 rings (SSSR count). The number of piperidine rings is 1. The third-order valence-electron chi connectivity index (χ3n) is 7.63. The predicted octanol–water partition coefficient (Wildman–Crippen LogP) is 4.25. The van der Waals surface area contributed by atoms with Crippen LogP contribution in [0.1, 0.15) is 79.1 Å². The maximum Gasteiger partial charge on any atom is 0.222 e. The van der Waals surface area contributed by atoms with Gasteiger partial charge in [0.2, 0.25) is 5.91 Å². The number of carbonyl (C=O) groups is 1. The minimum Gasteiger partial charge on any atom is -0.343 e. The van der Waals surface area contributed by atoms with Crippen LogP contribution in [-0.4, -0.2) is 72.5 Å². The molecule has 28 heavy (non-hydrogen) atoms. The average molecular weight is 392 g/mol. The van der Waals surface area contributed by atoms with E-state index in [1.54, 1.807) is 0 Å². The molecule has 0 aromatic rings. The van der Waals surface area contributed by atoms with Crippen molar-refractivity contribution in [3.8, 4) is 0 Å². The summed E-state index contributed by atoms with van der Waals surface area (Å²) in [7, 11) is 0. The van der Waals surface area contributed by atoms with E-state index < -0.39 is 0 Å². The third-order valence-corrected chi connectivity index (χ3v) is 7.63. The fraction of sp³-hybridized carbons (Fsp3) is 0.958. The number of hydrogen-bond acceptors (Lipinski definition) is 3. The largest absolute Gasteiger partial charge is 0.343 e. The van der Waals surface area contributed by atoms with Gasteiger partial charge in [0, 0.05) is 57.1 Å². The summed E-state index contributed by atoms with van der Waals surface area (Å²) in [5.74, 6) is 2.00. The average Bonchev–Trinajstić information content (AvgIpc) is 2.60. The van der Waals surface area contributed by atoms with Gasteiger partial charge in [-0.2, -0.15) is 0 Å². The fourth-order valence-corrected chi connectivity index (χ4v) is 5.56. The van der Waals surface area contributed by atoms with Crippen LogP contribution in [0.5, 0.6) is 0 Å². The Morgan fingerprint density at radius 3 is 2.11 bits per heavy atom. The van der Waals surface area contributed by atoms with E-state index in [0.717, 1.165) is 43.8 Å². The first-order valence-corrected chi connectivity index (χ1v) is 12.1. The molecule has 3 fully saturated rings. The smallest absolute Gasteiger partial charge is 0.222 e. The molecule has 3 heterocycles. The van der Waals surface area contributed by atoms with E-state index in [0.29, 0.717) is 11.3 Å². The molecule has 0 N–H and O–H groups in total. The molecule has 0 atom stereocenters. The molecule has 0 unspecified atom stereocenters. The standard InChI is InChI=1S/C24H45N3O/c1-20(2)22-11-14-26(15-12-22)23(28)10-8-6-5-7-9-13-25-16-24(17-25)18-27(19-24)21(3)4/h20-22H,5-19H2,1-4H3. The van der Waals surface area contributed by atoms with Crippen LogP contribution in [0.15, 0.2) is 0 Å². The molecular formula is C24H45N3O. The summed E-state index contributed by atoms with van der Waals surface area (Å²) in [6, 6.07) is 0.721. The SMILES string of the molecule is CC(C)C1CCN(C(=O)CCCCCCCN2CC3(C2)CN(C(C)C)C3)CC1. The summed E-state index contributed by atoms with van der Waals surface area (Å²) in [6.45, 7) is 17.8. The molecule has 3 aliphatic heterocycles. The van der Waals surface area contributed by atoms with Gasteiger partial charge in [-0.15, -0.1) is 0 Å². The highest BCUT2D eigenvalue weighted by atomic mass is 16.2. The van der Waals surface area contributed by atoms with Crippen LogP contribution in [0.25, 0.3) is 0 Å². The Bertz CT molecular complexity index is 482. The van der Waals surface area contributed by atoms with E-state index >= 15 is 0 Å². The van der Waals surface area contributed by atoms with E-state index in [-0.39, 0.29) is 0 Å². The summed E-state index contributed by atoms with van der Waals surface area (Å²) in [5, 5.41) is 0. The van der Waals surface area contributed by atoms with Crippen LogP contribution in [-0.2, 0) is 4.79 Å². The minimum atomic E-state index is 0.407. The topological polar surface area (TPSA) is 26.8 Å². The number of unbranched alkanes of at least 4 members (excludes halogenated alkanes) is 4. The second kappa shape index (κ2) is 9.93. The third kappa shape index (κ3) is 5.72. The number of rotatable bonds is 10. The second-order valence-electron chi connectivity index (χ2n) is 10.7. The Hall–Kier alpha value is -0.610. The van der Waals surface area contributed by atoms with E-state index in [9.17, 15) is 4.79 Å². The maximum absolute atomic E-state index is 12.4. The van der Waals surface area contributed by atoms with Gasteiger partial charge in [0.25, 0.3) is 0 Å². The van der Waals surface area contributed by atoms with Gasteiger partial charge in [-0.25, -0.2) is 0 Å². The number of hydrogen-bond donors (Lipinski definition) is 0. The highest BCUT2D eigenvalue weighted by Crippen LogP contribution is 2.40. The molecule has 0 saturated carbocycles. The van der Waals surface area contributed by atoms with Gasteiger partial charge in [-0.3, -0.25) is 9.69 Å². The first kappa shape index (κ1) is 22.1. The van der Waals surface area contributed by atoms with Crippen LogP contribution >= 0.6 is 0 Å². The monoisotopic (exact) mass is 391 g/mol. The predicted molar refractivity (Wildman–Crippen MR) is 117 cm³/mol. The van der Waals surface area contributed by atoms with Crippen molar-refractivity contribution in [2.75, 3.05) is 45.8 Å². The lowest BCUT2D eigenvalue weighted by Crippen LogP contribution is -2.72. The molecule has 0 aromatic carbocycles. The molecule has 1 amide bonds. The molecule has 162 valence electrons. The van der Waals surface area contributed by atoms with Gasteiger partial charge < -0.3 is 9.80 Å². The van der Waals surface area contributed by atoms with Crippen molar-refractivity contribution in [3.63, 3.8) is 0 Å². The Balaban J connectivity index is 1.13. The molecule has 0 bridgehead atoms. The number of nitrogens with zero attached hydrogens (tertiary/aromatic N) is 3. The van der Waals surface area contributed by atoms with Crippen LogP contribution in [0, 0.1) is 17.3 Å². The van der Waals surface area contributed by atoms with Crippen molar-refractivity contribution < 1.29 is 4.79 Å². The van der Waals surface area contributed by atoms with Gasteiger partial charge in [0.05, 0.1) is 0 Å². The lowest BCUT2D eigenvalue weighted by Gasteiger charge is -2.61. The zero-order chi connectivity index (χ0) is 20.1. The molecule has 3 saturated heterocycles. The van der Waals surface area contributed by atoms with Crippen molar-refractivity contribution in [2.45, 2.75) is 85.1 Å². The summed E-state index contributed by atoms with van der Waals surface area (Å²) in [5.41, 5.74) is 0.661. The van der Waals surface area contributed by atoms with Gasteiger partial charge in [-0.05, 0) is 57.9 Å². The van der Waals surface area contributed by atoms with Gasteiger partial charge >= 0.3 is 0 Å². The molecule has 0 aromatic heterocycles. The van der Waals surface area contributed by atoms with Crippen LogP contribution in [0.4, 0.5) is 0 Å². The van der Waals surface area contributed by atoms with E-state index in [1.807, 2.05) is 0 Å².